The zero-order chi connectivity index (χ0) is 14.1. The second kappa shape index (κ2) is 4.89. The van der Waals surface area contributed by atoms with E-state index >= 15 is 0 Å². The van der Waals surface area contributed by atoms with Crippen LogP contribution in [0.15, 0.2) is 48.5 Å². The highest BCUT2D eigenvalue weighted by Gasteiger charge is 2.30. The molecular formula is C16H17N3O. The van der Waals surface area contributed by atoms with Crippen molar-refractivity contribution in [2.45, 2.75) is 13.0 Å². The van der Waals surface area contributed by atoms with Gasteiger partial charge in [0.15, 0.2) is 0 Å². The Balaban J connectivity index is 1.85. The number of urea groups is 1. The number of hydrogen-bond acceptors (Lipinski definition) is 2. The quantitative estimate of drug-likeness (QED) is 0.822. The summed E-state index contributed by atoms with van der Waals surface area (Å²) in [6, 6.07) is 15.5. The molecule has 2 aromatic rings. The zero-order valence-corrected chi connectivity index (χ0v) is 11.3. The van der Waals surface area contributed by atoms with Crippen LogP contribution in [0, 0.1) is 6.92 Å². The topological polar surface area (TPSA) is 58.4 Å². The van der Waals surface area contributed by atoms with Gasteiger partial charge in [-0.1, -0.05) is 35.9 Å². The van der Waals surface area contributed by atoms with Crippen molar-refractivity contribution in [3.8, 4) is 0 Å². The van der Waals surface area contributed by atoms with Crippen molar-refractivity contribution < 1.29 is 4.79 Å². The van der Waals surface area contributed by atoms with Gasteiger partial charge in [-0.15, -0.1) is 0 Å². The number of nitrogens with two attached hydrogens (primary N) is 1. The van der Waals surface area contributed by atoms with Gasteiger partial charge < -0.3 is 11.1 Å². The van der Waals surface area contributed by atoms with Gasteiger partial charge >= 0.3 is 6.03 Å². The number of carbonyl (C=O) groups is 1. The Morgan fingerprint density at radius 3 is 2.75 bits per heavy atom. The van der Waals surface area contributed by atoms with Crippen molar-refractivity contribution in [1.29, 1.82) is 0 Å². The molecule has 3 rings (SSSR count). The minimum atomic E-state index is -0.0814. The van der Waals surface area contributed by atoms with Crippen LogP contribution < -0.4 is 16.0 Å². The molecule has 1 unspecified atom stereocenters. The Kier molecular flexibility index (Phi) is 3.06. The number of aryl methyl sites for hydroxylation is 1. The summed E-state index contributed by atoms with van der Waals surface area (Å²) in [6.45, 7) is 2.67. The molecule has 0 saturated carbocycles. The number of amides is 2. The van der Waals surface area contributed by atoms with Gasteiger partial charge in [0.25, 0.3) is 0 Å². The molecule has 0 bridgehead atoms. The molecule has 1 fully saturated rings. The van der Waals surface area contributed by atoms with Gasteiger partial charge in [0, 0.05) is 11.4 Å². The second-order valence-electron chi connectivity index (χ2n) is 5.12. The lowest BCUT2D eigenvalue weighted by Crippen LogP contribution is -2.27. The van der Waals surface area contributed by atoms with Crippen molar-refractivity contribution >= 4 is 17.4 Å². The lowest BCUT2D eigenvalue weighted by Gasteiger charge is -2.15. The summed E-state index contributed by atoms with van der Waals surface area (Å²) in [5, 5.41) is 3.01. The zero-order valence-electron chi connectivity index (χ0n) is 11.3. The molecule has 4 nitrogen and oxygen atoms in total. The van der Waals surface area contributed by atoms with Crippen molar-refractivity contribution in [3.63, 3.8) is 0 Å². The number of hydrogen-bond donors (Lipinski definition) is 2. The number of benzene rings is 2. The third-order valence-electron chi connectivity index (χ3n) is 3.53. The predicted octanol–water partition coefficient (Wildman–Crippen LogP) is 2.85. The van der Waals surface area contributed by atoms with E-state index in [0.717, 1.165) is 11.3 Å². The highest BCUT2D eigenvalue weighted by molar-refractivity contribution is 5.95. The summed E-state index contributed by atoms with van der Waals surface area (Å²) in [5.41, 5.74) is 9.59. The normalized spacial score (nSPS) is 18.1. The Hall–Kier alpha value is -2.49. The van der Waals surface area contributed by atoms with E-state index in [1.807, 2.05) is 36.4 Å². The molecule has 0 aromatic heterocycles. The average Bonchev–Trinajstić information content (AvgIpc) is 2.81. The summed E-state index contributed by atoms with van der Waals surface area (Å²) in [7, 11) is 0. The third-order valence-corrected chi connectivity index (χ3v) is 3.53. The van der Waals surface area contributed by atoms with Gasteiger partial charge in [-0.2, -0.15) is 0 Å². The molecule has 2 amide bonds. The molecule has 3 N–H and O–H groups in total. The van der Waals surface area contributed by atoms with E-state index in [1.165, 1.54) is 5.56 Å². The molecule has 0 spiro atoms. The van der Waals surface area contributed by atoms with Gasteiger partial charge in [0.2, 0.25) is 0 Å². The van der Waals surface area contributed by atoms with Crippen LogP contribution >= 0.6 is 0 Å². The number of anilines is 2. The maximum atomic E-state index is 12.1. The summed E-state index contributed by atoms with van der Waals surface area (Å²) >= 11 is 0. The smallest absolute Gasteiger partial charge is 0.322 e. The Morgan fingerprint density at radius 1 is 1.20 bits per heavy atom. The van der Waals surface area contributed by atoms with Gasteiger partial charge in [-0.05, 0) is 30.7 Å². The Bertz CT molecular complexity index is 654. The van der Waals surface area contributed by atoms with E-state index in [2.05, 4.69) is 24.4 Å². The molecular weight excluding hydrogens is 250 g/mol. The highest BCUT2D eigenvalue weighted by Crippen LogP contribution is 2.26. The number of rotatable bonds is 2. The lowest BCUT2D eigenvalue weighted by atomic mass is 10.1. The first-order chi connectivity index (χ1) is 9.63. The van der Waals surface area contributed by atoms with Crippen LogP contribution in [0.25, 0.3) is 0 Å². The van der Waals surface area contributed by atoms with Gasteiger partial charge in [-0.3, -0.25) is 4.90 Å². The number of carbonyl (C=O) groups excluding carboxylic acids is 1. The maximum absolute atomic E-state index is 12.1. The van der Waals surface area contributed by atoms with Crippen LogP contribution in [0.4, 0.5) is 16.2 Å². The molecule has 4 heteroatoms. The van der Waals surface area contributed by atoms with Crippen molar-refractivity contribution in [3.05, 3.63) is 59.7 Å². The molecule has 1 aliphatic rings. The Morgan fingerprint density at radius 2 is 2.00 bits per heavy atom. The molecule has 1 atom stereocenters. The first kappa shape index (κ1) is 12.5. The van der Waals surface area contributed by atoms with Crippen LogP contribution in [0.3, 0.4) is 0 Å². The second-order valence-corrected chi connectivity index (χ2v) is 5.12. The summed E-state index contributed by atoms with van der Waals surface area (Å²) in [6.07, 6.45) is 0. The van der Waals surface area contributed by atoms with Gasteiger partial charge in [0.05, 0.1) is 12.6 Å². The van der Waals surface area contributed by atoms with Crippen molar-refractivity contribution in [1.82, 2.24) is 5.32 Å². The van der Waals surface area contributed by atoms with Crippen molar-refractivity contribution in [2.75, 3.05) is 17.2 Å². The highest BCUT2D eigenvalue weighted by atomic mass is 16.2. The SMILES string of the molecule is Cc1cccc(C2CN(c3cccc(N)c3)C(=O)N2)c1. The molecule has 102 valence electrons. The monoisotopic (exact) mass is 267 g/mol. The number of nitrogen functional groups attached to an aromatic ring is 1. The van der Waals surface area contributed by atoms with Crippen molar-refractivity contribution in [2.24, 2.45) is 0 Å². The van der Waals surface area contributed by atoms with E-state index in [1.54, 1.807) is 4.90 Å². The summed E-state index contributed by atoms with van der Waals surface area (Å²) in [5.74, 6) is 0. The predicted molar refractivity (Wildman–Crippen MR) is 80.7 cm³/mol. The van der Waals surface area contributed by atoms with Gasteiger partial charge in [0.1, 0.15) is 0 Å². The fraction of sp³-hybridized carbons (Fsp3) is 0.188. The first-order valence-corrected chi connectivity index (χ1v) is 6.63. The third kappa shape index (κ3) is 2.32. The van der Waals surface area contributed by atoms with Crippen LogP contribution in [0.2, 0.25) is 0 Å². The van der Waals surface area contributed by atoms with E-state index in [9.17, 15) is 4.79 Å². The molecule has 20 heavy (non-hydrogen) atoms. The Labute approximate surface area is 118 Å². The molecule has 1 heterocycles. The van der Waals surface area contributed by atoms with E-state index in [0.29, 0.717) is 12.2 Å². The molecule has 1 saturated heterocycles. The molecule has 1 aliphatic heterocycles. The van der Waals surface area contributed by atoms with Crippen LogP contribution in [0.5, 0.6) is 0 Å². The van der Waals surface area contributed by atoms with Crippen LogP contribution in [-0.2, 0) is 0 Å². The van der Waals surface area contributed by atoms with Crippen LogP contribution in [-0.4, -0.2) is 12.6 Å². The molecule has 0 radical (unpaired) electrons. The largest absolute Gasteiger partial charge is 0.399 e. The molecule has 2 aromatic carbocycles. The van der Waals surface area contributed by atoms with Gasteiger partial charge in [-0.25, -0.2) is 4.79 Å². The number of nitrogens with zero attached hydrogens (tertiary/aromatic N) is 1. The number of nitrogens with one attached hydrogen (secondary N) is 1. The van der Waals surface area contributed by atoms with E-state index < -0.39 is 0 Å². The summed E-state index contributed by atoms with van der Waals surface area (Å²) in [4.78, 5) is 13.9. The van der Waals surface area contributed by atoms with E-state index in [4.69, 9.17) is 5.73 Å². The fourth-order valence-corrected chi connectivity index (χ4v) is 2.53. The first-order valence-electron chi connectivity index (χ1n) is 6.63. The average molecular weight is 267 g/mol. The maximum Gasteiger partial charge on any atom is 0.322 e. The fourth-order valence-electron chi connectivity index (χ4n) is 2.53. The van der Waals surface area contributed by atoms with E-state index in [-0.39, 0.29) is 12.1 Å². The standard InChI is InChI=1S/C16H17N3O/c1-11-4-2-5-12(8-11)15-10-19(16(20)18-15)14-7-3-6-13(17)9-14/h2-9,15H,10,17H2,1H3,(H,18,20). The minimum Gasteiger partial charge on any atom is -0.399 e. The van der Waals surface area contributed by atoms with Crippen LogP contribution in [0.1, 0.15) is 17.2 Å². The lowest BCUT2D eigenvalue weighted by molar-refractivity contribution is 0.251. The molecule has 0 aliphatic carbocycles. The summed E-state index contributed by atoms with van der Waals surface area (Å²) < 4.78 is 0. The minimum absolute atomic E-state index is 0.0174.